The molecule has 28 heavy (non-hydrogen) atoms. The molecule has 0 fully saturated rings. The van der Waals surface area contributed by atoms with Crippen LogP contribution in [0.2, 0.25) is 0 Å². The molecule has 0 aliphatic rings. The molecule has 0 bridgehead atoms. The number of nitro groups is 1. The van der Waals surface area contributed by atoms with Crippen molar-refractivity contribution in [3.8, 4) is 5.69 Å². The lowest BCUT2D eigenvalue weighted by Crippen LogP contribution is -2.03. The Morgan fingerprint density at radius 3 is 2.29 bits per heavy atom. The zero-order chi connectivity index (χ0) is 19.3. The number of para-hydroxylation sites is 1. The minimum Gasteiger partial charge on any atom is -0.273 e. The molecule has 4 aromatic rings. The van der Waals surface area contributed by atoms with E-state index in [0.29, 0.717) is 16.6 Å². The molecule has 0 amide bonds. The highest BCUT2D eigenvalue weighted by molar-refractivity contribution is 7.99. The molecule has 0 aliphatic carbocycles. The highest BCUT2D eigenvalue weighted by atomic mass is 32.2. The minimum atomic E-state index is -0.466. The molecule has 0 N–H and O–H groups in total. The van der Waals surface area contributed by atoms with Crippen molar-refractivity contribution in [1.82, 2.24) is 19.7 Å². The van der Waals surface area contributed by atoms with Gasteiger partial charge in [-0.1, -0.05) is 48.5 Å². The van der Waals surface area contributed by atoms with E-state index in [-0.39, 0.29) is 5.69 Å². The Hall–Kier alpha value is -3.52. The summed E-state index contributed by atoms with van der Waals surface area (Å²) in [7, 11) is 0. The summed E-state index contributed by atoms with van der Waals surface area (Å²) in [6, 6.07) is 23.0. The van der Waals surface area contributed by atoms with Gasteiger partial charge in [0.05, 0.1) is 4.92 Å². The van der Waals surface area contributed by atoms with Gasteiger partial charge in [0, 0.05) is 18.2 Å². The summed E-state index contributed by atoms with van der Waals surface area (Å²) in [5.74, 6) is 0.807. The summed E-state index contributed by atoms with van der Waals surface area (Å²) in [6.45, 7) is 0. The number of hydrogen-bond acceptors (Lipinski definition) is 6. The van der Waals surface area contributed by atoms with Crippen molar-refractivity contribution in [3.63, 3.8) is 0 Å². The molecule has 0 spiro atoms. The Labute approximate surface area is 165 Å². The summed E-state index contributed by atoms with van der Waals surface area (Å²) in [5, 5.41) is 20.8. The van der Waals surface area contributed by atoms with Crippen molar-refractivity contribution >= 4 is 17.4 Å². The number of hydrogen-bond donors (Lipinski definition) is 0. The highest BCUT2D eigenvalue weighted by Crippen LogP contribution is 2.29. The molecule has 2 aromatic carbocycles. The van der Waals surface area contributed by atoms with E-state index < -0.39 is 4.92 Å². The lowest BCUT2D eigenvalue weighted by atomic mass is 10.1. The average Bonchev–Trinajstić information content (AvgIpc) is 3.11. The largest absolute Gasteiger partial charge is 0.287 e. The van der Waals surface area contributed by atoms with Gasteiger partial charge in [-0.25, -0.2) is 4.98 Å². The Bertz CT molecular complexity index is 1080. The smallest absolute Gasteiger partial charge is 0.273 e. The third kappa shape index (κ3) is 3.91. The predicted octanol–water partition coefficient (Wildman–Crippen LogP) is 4.31. The van der Waals surface area contributed by atoms with Gasteiger partial charge in [-0.15, -0.1) is 10.2 Å². The molecule has 138 valence electrons. The molecule has 0 saturated carbocycles. The van der Waals surface area contributed by atoms with Crippen LogP contribution in [0.1, 0.15) is 11.4 Å². The number of nitrogens with zero attached hydrogens (tertiary/aromatic N) is 5. The quantitative estimate of drug-likeness (QED) is 0.361. The van der Waals surface area contributed by atoms with Crippen LogP contribution in [0.25, 0.3) is 5.69 Å². The van der Waals surface area contributed by atoms with E-state index in [1.54, 1.807) is 6.07 Å². The maximum Gasteiger partial charge on any atom is 0.287 e. The molecule has 2 heterocycles. The predicted molar refractivity (Wildman–Crippen MR) is 106 cm³/mol. The van der Waals surface area contributed by atoms with E-state index >= 15 is 0 Å². The number of pyridine rings is 1. The number of aromatic nitrogens is 4. The van der Waals surface area contributed by atoms with E-state index in [9.17, 15) is 10.1 Å². The van der Waals surface area contributed by atoms with Gasteiger partial charge in [-0.2, -0.15) is 0 Å². The van der Waals surface area contributed by atoms with E-state index in [0.717, 1.165) is 17.1 Å². The van der Waals surface area contributed by atoms with E-state index in [1.807, 2.05) is 53.1 Å². The van der Waals surface area contributed by atoms with Crippen LogP contribution in [0.4, 0.5) is 5.69 Å². The van der Waals surface area contributed by atoms with Gasteiger partial charge in [0.25, 0.3) is 5.69 Å². The van der Waals surface area contributed by atoms with E-state index in [4.69, 9.17) is 0 Å². The van der Waals surface area contributed by atoms with Crippen LogP contribution >= 0.6 is 11.8 Å². The van der Waals surface area contributed by atoms with Crippen molar-refractivity contribution in [2.75, 3.05) is 0 Å². The second-order valence-electron chi connectivity index (χ2n) is 5.95. The molecule has 4 rings (SSSR count). The van der Waals surface area contributed by atoms with Crippen molar-refractivity contribution in [2.45, 2.75) is 16.6 Å². The molecular formula is C20H15N5O2S. The van der Waals surface area contributed by atoms with Gasteiger partial charge in [0.15, 0.2) is 0 Å². The first kappa shape index (κ1) is 17.9. The van der Waals surface area contributed by atoms with Crippen molar-refractivity contribution in [2.24, 2.45) is 0 Å². The molecule has 0 atom stereocenters. The van der Waals surface area contributed by atoms with Gasteiger partial charge in [0.2, 0.25) is 5.16 Å². The maximum absolute atomic E-state index is 10.8. The van der Waals surface area contributed by atoms with Gasteiger partial charge in [0.1, 0.15) is 17.0 Å². The summed E-state index contributed by atoms with van der Waals surface area (Å²) in [6.07, 6.45) is 1.88. The third-order valence-corrected chi connectivity index (χ3v) is 4.94. The molecule has 0 aliphatic heterocycles. The lowest BCUT2D eigenvalue weighted by molar-refractivity contribution is -0.385. The Kier molecular flexibility index (Phi) is 5.11. The Morgan fingerprint density at radius 1 is 0.929 bits per heavy atom. The standard InChI is InChI=1S/C20H15N5O2S/c26-25(27)17-11-12-19(21-14-17)28-20-23-22-18(13-15-7-3-1-4-8-15)24(20)16-9-5-2-6-10-16/h1-12,14H,13H2. The summed E-state index contributed by atoms with van der Waals surface area (Å²) < 4.78 is 1.99. The second kappa shape index (κ2) is 8.01. The zero-order valence-electron chi connectivity index (χ0n) is 14.7. The highest BCUT2D eigenvalue weighted by Gasteiger charge is 2.16. The fourth-order valence-corrected chi connectivity index (χ4v) is 3.54. The normalized spacial score (nSPS) is 10.7. The number of benzene rings is 2. The summed E-state index contributed by atoms with van der Waals surface area (Å²) in [4.78, 5) is 14.5. The van der Waals surface area contributed by atoms with Gasteiger partial charge >= 0.3 is 0 Å². The molecular weight excluding hydrogens is 374 g/mol. The molecule has 0 radical (unpaired) electrons. The minimum absolute atomic E-state index is 0.0429. The van der Waals surface area contributed by atoms with Gasteiger partial charge < -0.3 is 0 Å². The molecule has 0 unspecified atom stereocenters. The first-order valence-corrected chi connectivity index (χ1v) is 9.34. The van der Waals surface area contributed by atoms with Crippen LogP contribution in [0.15, 0.2) is 89.2 Å². The SMILES string of the molecule is O=[N+]([O-])c1ccc(Sc2nnc(Cc3ccccc3)n2-c2ccccc2)nc1. The van der Waals surface area contributed by atoms with Crippen molar-refractivity contribution in [1.29, 1.82) is 0 Å². The Morgan fingerprint density at radius 2 is 1.64 bits per heavy atom. The third-order valence-electron chi connectivity index (χ3n) is 4.05. The molecule has 2 aromatic heterocycles. The zero-order valence-corrected chi connectivity index (χ0v) is 15.5. The van der Waals surface area contributed by atoms with Crippen LogP contribution in [0.3, 0.4) is 0 Å². The molecule has 0 saturated heterocycles. The maximum atomic E-state index is 10.8. The van der Waals surface area contributed by atoms with Crippen LogP contribution in [-0.2, 0) is 6.42 Å². The fraction of sp³-hybridized carbons (Fsp3) is 0.0500. The van der Waals surface area contributed by atoms with Gasteiger partial charge in [-0.05, 0) is 35.5 Å². The average molecular weight is 389 g/mol. The van der Waals surface area contributed by atoms with Crippen LogP contribution in [0.5, 0.6) is 0 Å². The first-order valence-electron chi connectivity index (χ1n) is 8.52. The number of rotatable bonds is 6. The Balaban J connectivity index is 1.69. The van der Waals surface area contributed by atoms with Crippen molar-refractivity contribution in [3.05, 3.63) is 100 Å². The second-order valence-corrected chi connectivity index (χ2v) is 6.93. The fourth-order valence-electron chi connectivity index (χ4n) is 2.73. The molecule has 7 nitrogen and oxygen atoms in total. The lowest BCUT2D eigenvalue weighted by Gasteiger charge is -2.10. The first-order chi connectivity index (χ1) is 13.7. The molecule has 8 heteroatoms. The van der Waals surface area contributed by atoms with Crippen LogP contribution < -0.4 is 0 Å². The van der Waals surface area contributed by atoms with Gasteiger partial charge in [-0.3, -0.25) is 14.7 Å². The monoisotopic (exact) mass is 389 g/mol. The topological polar surface area (TPSA) is 86.7 Å². The van der Waals surface area contributed by atoms with Crippen molar-refractivity contribution < 1.29 is 4.92 Å². The van der Waals surface area contributed by atoms with Crippen LogP contribution in [-0.4, -0.2) is 24.7 Å². The van der Waals surface area contributed by atoms with E-state index in [2.05, 4.69) is 27.3 Å². The van der Waals surface area contributed by atoms with Crippen LogP contribution in [0, 0.1) is 10.1 Å². The summed E-state index contributed by atoms with van der Waals surface area (Å²) >= 11 is 1.32. The van der Waals surface area contributed by atoms with E-state index in [1.165, 1.54) is 24.0 Å². The summed E-state index contributed by atoms with van der Waals surface area (Å²) in [5.41, 5.74) is 2.04.